The predicted molar refractivity (Wildman–Crippen MR) is 50.9 cm³/mol. The maximum Gasteiger partial charge on any atom is 0.255 e. The van der Waals surface area contributed by atoms with Crippen LogP contribution in [-0.2, 0) is 7.05 Å². The van der Waals surface area contributed by atoms with Gasteiger partial charge in [0.25, 0.3) is 6.43 Å². The molecular weight excluding hydrogens is 220 g/mol. The smallest absolute Gasteiger partial charge is 0.255 e. The Bertz CT molecular complexity index is 463. The number of nitrogens with zero attached hydrogens (tertiary/aromatic N) is 5. The summed E-state index contributed by atoms with van der Waals surface area (Å²) in [4.78, 5) is 3.94. The molecule has 0 aliphatic heterocycles. The second-order valence-electron chi connectivity index (χ2n) is 3.06. The molecule has 0 saturated heterocycles. The van der Waals surface area contributed by atoms with Gasteiger partial charge in [0.1, 0.15) is 5.69 Å². The van der Waals surface area contributed by atoms with Crippen LogP contribution in [0.3, 0.4) is 0 Å². The van der Waals surface area contributed by atoms with Crippen LogP contribution in [0.15, 0.2) is 6.20 Å². The van der Waals surface area contributed by atoms with Crippen molar-refractivity contribution in [3.63, 3.8) is 0 Å². The van der Waals surface area contributed by atoms with Gasteiger partial charge in [-0.3, -0.25) is 9.78 Å². The Hall–Kier alpha value is -2.06. The van der Waals surface area contributed by atoms with Crippen molar-refractivity contribution in [2.75, 3.05) is 11.9 Å². The second-order valence-corrected chi connectivity index (χ2v) is 3.06. The third kappa shape index (κ3) is 2.30. The molecule has 0 aliphatic rings. The Balaban J connectivity index is 2.07. The fourth-order valence-electron chi connectivity index (χ4n) is 1.08. The lowest BCUT2D eigenvalue weighted by Crippen LogP contribution is -2.11. The average Bonchev–Trinajstić information content (AvgIpc) is 2.83. The van der Waals surface area contributed by atoms with E-state index >= 15 is 0 Å². The summed E-state index contributed by atoms with van der Waals surface area (Å²) in [6.07, 6.45) is -0.810. The van der Waals surface area contributed by atoms with E-state index in [1.807, 2.05) is 0 Å². The first-order valence-electron chi connectivity index (χ1n) is 4.46. The van der Waals surface area contributed by atoms with Gasteiger partial charge in [0.15, 0.2) is 5.82 Å². The Morgan fingerprint density at radius 2 is 2.38 bits per heavy atom. The minimum Gasteiger partial charge on any atom is -0.347 e. The second kappa shape index (κ2) is 4.21. The Labute approximate surface area is 88.9 Å². The first kappa shape index (κ1) is 10.5. The van der Waals surface area contributed by atoms with Crippen LogP contribution in [0, 0.1) is 0 Å². The number of aryl methyl sites for hydroxylation is 1. The molecule has 2 rings (SSSR count). The van der Waals surface area contributed by atoms with Crippen LogP contribution < -0.4 is 5.32 Å². The summed E-state index contributed by atoms with van der Waals surface area (Å²) >= 11 is 0. The molecule has 0 radical (unpaired) electrons. The highest BCUT2D eigenvalue weighted by molar-refractivity contribution is 5.48. The normalized spacial score (nSPS) is 11.0. The van der Waals surface area contributed by atoms with E-state index in [1.165, 1.54) is 4.68 Å². The quantitative estimate of drug-likeness (QED) is 0.786. The van der Waals surface area contributed by atoms with Crippen LogP contribution in [0.4, 0.5) is 14.7 Å². The van der Waals surface area contributed by atoms with Gasteiger partial charge >= 0.3 is 0 Å². The molecule has 7 nitrogen and oxygen atoms in total. The van der Waals surface area contributed by atoms with Gasteiger partial charge in [0.05, 0.1) is 12.7 Å². The molecule has 16 heavy (non-hydrogen) atoms. The zero-order chi connectivity index (χ0) is 11.5. The summed E-state index contributed by atoms with van der Waals surface area (Å²) in [6, 6.07) is 0. The molecule has 0 spiro atoms. The van der Waals surface area contributed by atoms with Crippen molar-refractivity contribution in [3.8, 4) is 11.5 Å². The molecule has 0 fully saturated rings. The van der Waals surface area contributed by atoms with Crippen LogP contribution in [0.2, 0.25) is 0 Å². The van der Waals surface area contributed by atoms with Gasteiger partial charge in [-0.15, -0.1) is 10.2 Å². The van der Waals surface area contributed by atoms with Crippen molar-refractivity contribution in [1.82, 2.24) is 30.2 Å². The third-order valence-electron chi connectivity index (χ3n) is 1.75. The van der Waals surface area contributed by atoms with Crippen molar-refractivity contribution < 1.29 is 8.78 Å². The lowest BCUT2D eigenvalue weighted by molar-refractivity contribution is 0.163. The molecular formula is C7H9F2N7. The molecule has 0 aliphatic carbocycles. The van der Waals surface area contributed by atoms with E-state index in [1.54, 1.807) is 13.2 Å². The number of H-pyrrole nitrogens is 1. The van der Waals surface area contributed by atoms with E-state index in [0.29, 0.717) is 11.5 Å². The largest absolute Gasteiger partial charge is 0.347 e. The van der Waals surface area contributed by atoms with Crippen molar-refractivity contribution in [3.05, 3.63) is 6.20 Å². The van der Waals surface area contributed by atoms with E-state index < -0.39 is 13.0 Å². The molecule has 2 aromatic heterocycles. The zero-order valence-electron chi connectivity index (χ0n) is 8.35. The lowest BCUT2D eigenvalue weighted by atomic mass is 10.5. The topological polar surface area (TPSA) is 84.3 Å². The number of nitrogens with one attached hydrogen (secondary N) is 2. The minimum absolute atomic E-state index is 0.112. The average molecular weight is 229 g/mol. The molecule has 0 amide bonds. The number of anilines is 1. The minimum atomic E-state index is -2.45. The van der Waals surface area contributed by atoms with Gasteiger partial charge in [-0.2, -0.15) is 4.98 Å². The standard InChI is InChI=1S/C7H9F2N7/c1-16-3-4(12-15-16)6-11-7(14-13-6)10-2-5(8)9/h3,5H,2H2,1H3,(H2,10,11,13,14). The number of aromatic amines is 1. The van der Waals surface area contributed by atoms with Crippen molar-refractivity contribution in [1.29, 1.82) is 0 Å². The van der Waals surface area contributed by atoms with Crippen molar-refractivity contribution in [2.24, 2.45) is 7.05 Å². The van der Waals surface area contributed by atoms with E-state index in [-0.39, 0.29) is 5.95 Å². The lowest BCUT2D eigenvalue weighted by Gasteiger charge is -1.97. The van der Waals surface area contributed by atoms with Crippen LogP contribution in [0.1, 0.15) is 0 Å². The number of hydrogen-bond acceptors (Lipinski definition) is 5. The van der Waals surface area contributed by atoms with Crippen LogP contribution >= 0.6 is 0 Å². The van der Waals surface area contributed by atoms with E-state index in [0.717, 1.165) is 0 Å². The third-order valence-corrected chi connectivity index (χ3v) is 1.75. The highest BCUT2D eigenvalue weighted by Gasteiger charge is 2.09. The van der Waals surface area contributed by atoms with E-state index in [4.69, 9.17) is 0 Å². The first-order valence-corrected chi connectivity index (χ1v) is 4.46. The maximum atomic E-state index is 11.9. The predicted octanol–water partition coefficient (Wildman–Crippen LogP) is 0.277. The number of hydrogen-bond donors (Lipinski definition) is 2. The number of halogens is 2. The molecule has 2 aromatic rings. The summed E-state index contributed by atoms with van der Waals surface area (Å²) in [6.45, 7) is -0.488. The SMILES string of the molecule is Cn1cc(-c2nc(NCC(F)F)n[nH]2)nn1. The van der Waals surface area contributed by atoms with Gasteiger partial charge in [0, 0.05) is 7.05 Å². The van der Waals surface area contributed by atoms with E-state index in [2.05, 4.69) is 30.8 Å². The molecule has 0 unspecified atom stereocenters. The number of rotatable bonds is 4. The molecule has 0 atom stereocenters. The number of aromatic nitrogens is 6. The molecule has 0 saturated carbocycles. The van der Waals surface area contributed by atoms with Crippen LogP contribution in [-0.4, -0.2) is 43.1 Å². The molecule has 2 heterocycles. The van der Waals surface area contributed by atoms with Gasteiger partial charge in [0.2, 0.25) is 5.95 Å². The Morgan fingerprint density at radius 3 is 3.00 bits per heavy atom. The van der Waals surface area contributed by atoms with E-state index in [9.17, 15) is 8.78 Å². The number of alkyl halides is 2. The van der Waals surface area contributed by atoms with Gasteiger partial charge < -0.3 is 5.32 Å². The molecule has 9 heteroatoms. The highest BCUT2D eigenvalue weighted by Crippen LogP contribution is 2.11. The summed E-state index contributed by atoms with van der Waals surface area (Å²) in [7, 11) is 1.71. The van der Waals surface area contributed by atoms with Crippen molar-refractivity contribution >= 4 is 5.95 Å². The summed E-state index contributed by atoms with van der Waals surface area (Å²) < 4.78 is 25.3. The Kier molecular flexibility index (Phi) is 2.75. The first-order chi connectivity index (χ1) is 7.65. The molecule has 0 aromatic carbocycles. The zero-order valence-corrected chi connectivity index (χ0v) is 8.35. The Morgan fingerprint density at radius 1 is 1.56 bits per heavy atom. The fourth-order valence-corrected chi connectivity index (χ4v) is 1.08. The van der Waals surface area contributed by atoms with Crippen molar-refractivity contribution in [2.45, 2.75) is 6.43 Å². The van der Waals surface area contributed by atoms with Gasteiger partial charge in [-0.05, 0) is 0 Å². The van der Waals surface area contributed by atoms with Gasteiger partial charge in [-0.25, -0.2) is 8.78 Å². The summed E-state index contributed by atoms with van der Waals surface area (Å²) in [5.74, 6) is 0.491. The molecule has 0 bridgehead atoms. The molecule has 86 valence electrons. The van der Waals surface area contributed by atoms with Gasteiger partial charge in [-0.1, -0.05) is 5.21 Å². The summed E-state index contributed by atoms with van der Waals surface area (Å²) in [5.41, 5.74) is 0.500. The monoisotopic (exact) mass is 229 g/mol. The highest BCUT2D eigenvalue weighted by atomic mass is 19.3. The fraction of sp³-hybridized carbons (Fsp3) is 0.429. The van der Waals surface area contributed by atoms with Crippen LogP contribution in [0.5, 0.6) is 0 Å². The molecule has 2 N–H and O–H groups in total. The van der Waals surface area contributed by atoms with Crippen LogP contribution in [0.25, 0.3) is 11.5 Å². The summed E-state index contributed by atoms with van der Waals surface area (Å²) in [5, 5.41) is 16.2. The maximum absolute atomic E-state index is 11.9.